The first-order valence-electron chi connectivity index (χ1n) is 6.28. The van der Waals surface area contributed by atoms with Crippen molar-refractivity contribution in [1.29, 1.82) is 0 Å². The molecule has 1 aromatic rings. The Kier molecular flexibility index (Phi) is 4.08. The highest BCUT2D eigenvalue weighted by Gasteiger charge is 2.40. The molecular weight excluding hydrogens is 234 g/mol. The van der Waals surface area contributed by atoms with E-state index in [0.717, 1.165) is 30.8 Å². The van der Waals surface area contributed by atoms with Crippen molar-refractivity contribution in [2.24, 2.45) is 0 Å². The first kappa shape index (κ1) is 12.9. The Morgan fingerprint density at radius 1 is 1.35 bits per heavy atom. The van der Waals surface area contributed by atoms with Crippen LogP contribution in [0.4, 0.5) is 0 Å². The summed E-state index contributed by atoms with van der Waals surface area (Å²) in [4.78, 5) is 0. The number of hydrogen-bond donors (Lipinski definition) is 2. The summed E-state index contributed by atoms with van der Waals surface area (Å²) >= 11 is 5.93. The summed E-state index contributed by atoms with van der Waals surface area (Å²) in [5.41, 5.74) is 1.06. The van der Waals surface area contributed by atoms with E-state index in [2.05, 4.69) is 5.32 Å². The molecule has 2 rings (SSSR count). The predicted octanol–water partition coefficient (Wildman–Crippen LogP) is 2.73. The molecule has 0 bridgehead atoms. The fourth-order valence-corrected chi connectivity index (χ4v) is 3.09. The topological polar surface area (TPSA) is 32.3 Å². The second-order valence-electron chi connectivity index (χ2n) is 4.95. The fraction of sp³-hybridized carbons (Fsp3) is 0.571. The second-order valence-corrected chi connectivity index (χ2v) is 5.39. The van der Waals surface area contributed by atoms with Crippen LogP contribution >= 0.6 is 11.6 Å². The van der Waals surface area contributed by atoms with E-state index in [4.69, 9.17) is 11.6 Å². The minimum atomic E-state index is -0.259. The molecule has 1 aliphatic rings. The molecule has 0 amide bonds. The number of hydrogen-bond acceptors (Lipinski definition) is 2. The van der Waals surface area contributed by atoms with E-state index in [9.17, 15) is 5.11 Å². The maximum Gasteiger partial charge on any atom is 0.0649 e. The zero-order chi connectivity index (χ0) is 12.3. The molecule has 0 aromatic heterocycles. The molecule has 2 nitrogen and oxygen atoms in total. The van der Waals surface area contributed by atoms with Crippen molar-refractivity contribution < 1.29 is 5.11 Å². The summed E-state index contributed by atoms with van der Waals surface area (Å²) < 4.78 is 0. The molecule has 94 valence electrons. The summed E-state index contributed by atoms with van der Waals surface area (Å²) in [7, 11) is 1.94. The van der Waals surface area contributed by atoms with Crippen LogP contribution in [0.1, 0.15) is 31.2 Å². The van der Waals surface area contributed by atoms with Crippen molar-refractivity contribution in [3.63, 3.8) is 0 Å². The highest BCUT2D eigenvalue weighted by atomic mass is 35.5. The van der Waals surface area contributed by atoms with Crippen molar-refractivity contribution in [1.82, 2.24) is 5.32 Å². The highest BCUT2D eigenvalue weighted by molar-refractivity contribution is 6.30. The molecule has 1 aromatic carbocycles. The average Bonchev–Trinajstić information content (AvgIpc) is 2.33. The van der Waals surface area contributed by atoms with Crippen LogP contribution in [0.3, 0.4) is 0 Å². The molecule has 0 aliphatic heterocycles. The molecule has 2 N–H and O–H groups in total. The van der Waals surface area contributed by atoms with Crippen LogP contribution in [0.25, 0.3) is 0 Å². The van der Waals surface area contributed by atoms with Crippen LogP contribution in [0.15, 0.2) is 24.3 Å². The Morgan fingerprint density at radius 3 is 2.65 bits per heavy atom. The van der Waals surface area contributed by atoms with Gasteiger partial charge in [0.25, 0.3) is 0 Å². The monoisotopic (exact) mass is 253 g/mol. The first-order chi connectivity index (χ1) is 8.19. The number of halogens is 1. The third-order valence-corrected chi connectivity index (χ3v) is 4.15. The van der Waals surface area contributed by atoms with E-state index in [-0.39, 0.29) is 11.5 Å². The summed E-state index contributed by atoms with van der Waals surface area (Å²) in [6, 6.07) is 7.92. The van der Waals surface area contributed by atoms with Crippen LogP contribution in [0.2, 0.25) is 5.02 Å². The minimum absolute atomic E-state index is 0.141. The third-order valence-electron chi connectivity index (χ3n) is 3.90. The van der Waals surface area contributed by atoms with Crippen LogP contribution in [0.5, 0.6) is 0 Å². The molecule has 0 radical (unpaired) electrons. The van der Waals surface area contributed by atoms with Crippen molar-refractivity contribution in [2.45, 2.75) is 37.2 Å². The average molecular weight is 254 g/mol. The van der Waals surface area contributed by atoms with Gasteiger partial charge in [-0.2, -0.15) is 0 Å². The lowest BCUT2D eigenvalue weighted by molar-refractivity contribution is 0.0424. The molecule has 1 fully saturated rings. The van der Waals surface area contributed by atoms with Gasteiger partial charge in [0.05, 0.1) is 6.10 Å². The van der Waals surface area contributed by atoms with Gasteiger partial charge in [0.1, 0.15) is 0 Å². The molecule has 0 spiro atoms. The lowest BCUT2D eigenvalue weighted by Crippen LogP contribution is -2.48. The van der Waals surface area contributed by atoms with Gasteiger partial charge in [-0.3, -0.25) is 0 Å². The van der Waals surface area contributed by atoms with Gasteiger partial charge in [0.15, 0.2) is 0 Å². The zero-order valence-corrected chi connectivity index (χ0v) is 11.0. The Bertz CT molecular complexity index is 361. The maximum absolute atomic E-state index is 10.4. The molecular formula is C14H20ClNO. The normalized spacial score (nSPS) is 29.2. The molecule has 0 unspecified atom stereocenters. The Labute approximate surface area is 108 Å². The second kappa shape index (κ2) is 5.38. The minimum Gasteiger partial charge on any atom is -0.392 e. The third kappa shape index (κ3) is 2.49. The van der Waals surface area contributed by atoms with E-state index in [0.29, 0.717) is 0 Å². The molecule has 2 atom stereocenters. The summed E-state index contributed by atoms with van der Waals surface area (Å²) in [6.07, 6.45) is 3.98. The first-order valence-corrected chi connectivity index (χ1v) is 6.65. The van der Waals surface area contributed by atoms with Gasteiger partial charge in [-0.05, 0) is 37.6 Å². The van der Waals surface area contributed by atoms with Crippen LogP contribution < -0.4 is 5.32 Å². The SMILES string of the molecule is CNC[C@]1(c2ccc(Cl)cc2)CCCC[C@H]1O. The van der Waals surface area contributed by atoms with Gasteiger partial charge >= 0.3 is 0 Å². The van der Waals surface area contributed by atoms with E-state index in [1.54, 1.807) is 0 Å². The van der Waals surface area contributed by atoms with Crippen LogP contribution in [0, 0.1) is 0 Å². The number of benzene rings is 1. The van der Waals surface area contributed by atoms with E-state index < -0.39 is 0 Å². The Hall–Kier alpha value is -0.570. The highest BCUT2D eigenvalue weighted by Crippen LogP contribution is 2.39. The number of aliphatic hydroxyl groups excluding tert-OH is 1. The zero-order valence-electron chi connectivity index (χ0n) is 10.2. The Morgan fingerprint density at radius 2 is 2.06 bits per heavy atom. The predicted molar refractivity (Wildman–Crippen MR) is 71.5 cm³/mol. The van der Waals surface area contributed by atoms with Crippen molar-refractivity contribution >= 4 is 11.6 Å². The van der Waals surface area contributed by atoms with Gasteiger partial charge in [0, 0.05) is 17.0 Å². The van der Waals surface area contributed by atoms with E-state index in [1.165, 1.54) is 12.0 Å². The van der Waals surface area contributed by atoms with Gasteiger partial charge in [0.2, 0.25) is 0 Å². The molecule has 17 heavy (non-hydrogen) atoms. The van der Waals surface area contributed by atoms with Crippen molar-refractivity contribution in [3.05, 3.63) is 34.9 Å². The van der Waals surface area contributed by atoms with Gasteiger partial charge in [-0.25, -0.2) is 0 Å². The fourth-order valence-electron chi connectivity index (χ4n) is 2.96. The molecule has 0 saturated heterocycles. The molecule has 3 heteroatoms. The van der Waals surface area contributed by atoms with Gasteiger partial charge in [-0.15, -0.1) is 0 Å². The van der Waals surface area contributed by atoms with Crippen molar-refractivity contribution in [3.8, 4) is 0 Å². The lowest BCUT2D eigenvalue weighted by atomic mass is 9.67. The molecule has 0 heterocycles. The lowest BCUT2D eigenvalue weighted by Gasteiger charge is -2.42. The van der Waals surface area contributed by atoms with Crippen molar-refractivity contribution in [2.75, 3.05) is 13.6 Å². The van der Waals surface area contributed by atoms with E-state index in [1.807, 2.05) is 31.3 Å². The van der Waals surface area contributed by atoms with Gasteiger partial charge in [-0.1, -0.05) is 36.6 Å². The quantitative estimate of drug-likeness (QED) is 0.868. The Balaban J connectivity index is 2.35. The number of rotatable bonds is 3. The summed E-state index contributed by atoms with van der Waals surface area (Å²) in [6.45, 7) is 0.815. The van der Waals surface area contributed by atoms with Crippen LogP contribution in [-0.2, 0) is 5.41 Å². The maximum atomic E-state index is 10.4. The molecule has 1 saturated carbocycles. The summed E-state index contributed by atoms with van der Waals surface area (Å²) in [5, 5.41) is 14.4. The van der Waals surface area contributed by atoms with Gasteiger partial charge < -0.3 is 10.4 Å². The van der Waals surface area contributed by atoms with E-state index >= 15 is 0 Å². The standard InChI is InChI=1S/C14H20ClNO/c1-16-10-14(9-3-2-4-13(14)17)11-5-7-12(15)8-6-11/h5-8,13,16-17H,2-4,9-10H2,1H3/t13-,14+/m1/s1. The number of nitrogens with one attached hydrogen (secondary N) is 1. The number of aliphatic hydroxyl groups is 1. The summed E-state index contributed by atoms with van der Waals surface area (Å²) in [5.74, 6) is 0. The van der Waals surface area contributed by atoms with Crippen LogP contribution in [-0.4, -0.2) is 24.8 Å². The molecule has 1 aliphatic carbocycles. The largest absolute Gasteiger partial charge is 0.392 e. The smallest absolute Gasteiger partial charge is 0.0649 e. The number of likely N-dealkylation sites (N-methyl/N-ethyl adjacent to an activating group) is 1.